The van der Waals surface area contributed by atoms with Gasteiger partial charge < -0.3 is 10.2 Å². The predicted molar refractivity (Wildman–Crippen MR) is 53.6 cm³/mol. The highest BCUT2D eigenvalue weighted by atomic mass is 16.2. The molecule has 1 saturated carbocycles. The van der Waals surface area contributed by atoms with Gasteiger partial charge in [-0.2, -0.15) is 0 Å². The SMILES string of the molecule is C=CCNC(=O)CN(C(C)=O)C1CC1. The van der Waals surface area contributed by atoms with E-state index >= 15 is 0 Å². The summed E-state index contributed by atoms with van der Waals surface area (Å²) >= 11 is 0. The van der Waals surface area contributed by atoms with Gasteiger partial charge >= 0.3 is 0 Å². The second kappa shape index (κ2) is 4.79. The highest BCUT2D eigenvalue weighted by Crippen LogP contribution is 2.26. The second-order valence-electron chi connectivity index (χ2n) is 3.47. The van der Waals surface area contributed by atoms with Gasteiger partial charge in [0.05, 0.1) is 6.54 Å². The Morgan fingerprint density at radius 3 is 2.64 bits per heavy atom. The van der Waals surface area contributed by atoms with E-state index in [1.165, 1.54) is 6.92 Å². The van der Waals surface area contributed by atoms with Crippen molar-refractivity contribution in [2.24, 2.45) is 0 Å². The van der Waals surface area contributed by atoms with Crippen LogP contribution in [0, 0.1) is 0 Å². The Kier molecular flexibility index (Phi) is 3.68. The van der Waals surface area contributed by atoms with Gasteiger partial charge in [0.15, 0.2) is 0 Å². The largest absolute Gasteiger partial charge is 0.351 e. The lowest BCUT2D eigenvalue weighted by molar-refractivity contribution is -0.134. The molecule has 78 valence electrons. The molecule has 2 amide bonds. The van der Waals surface area contributed by atoms with Crippen LogP contribution >= 0.6 is 0 Å². The van der Waals surface area contributed by atoms with Gasteiger partial charge in [-0.3, -0.25) is 9.59 Å². The van der Waals surface area contributed by atoms with E-state index in [1.807, 2.05) is 0 Å². The zero-order valence-electron chi connectivity index (χ0n) is 8.45. The van der Waals surface area contributed by atoms with Crippen LogP contribution in [-0.4, -0.2) is 35.8 Å². The predicted octanol–water partition coefficient (Wildman–Crippen LogP) is 0.299. The van der Waals surface area contributed by atoms with Crippen LogP contribution in [0.2, 0.25) is 0 Å². The normalized spacial score (nSPS) is 14.6. The monoisotopic (exact) mass is 196 g/mol. The van der Waals surface area contributed by atoms with E-state index in [0.717, 1.165) is 12.8 Å². The number of carbonyl (C=O) groups is 2. The third-order valence-electron chi connectivity index (χ3n) is 2.15. The quantitative estimate of drug-likeness (QED) is 0.643. The fraction of sp³-hybridized carbons (Fsp3) is 0.600. The summed E-state index contributed by atoms with van der Waals surface area (Å²) in [6.07, 6.45) is 3.66. The molecule has 1 aliphatic rings. The van der Waals surface area contributed by atoms with Gasteiger partial charge in [-0.1, -0.05) is 6.08 Å². The number of hydrogen-bond acceptors (Lipinski definition) is 2. The number of nitrogens with one attached hydrogen (secondary N) is 1. The van der Waals surface area contributed by atoms with Gasteiger partial charge in [-0.05, 0) is 12.8 Å². The van der Waals surface area contributed by atoms with Crippen molar-refractivity contribution in [3.05, 3.63) is 12.7 Å². The van der Waals surface area contributed by atoms with Crippen molar-refractivity contribution < 1.29 is 9.59 Å². The molecular formula is C10H16N2O2. The Hall–Kier alpha value is -1.32. The summed E-state index contributed by atoms with van der Waals surface area (Å²) in [7, 11) is 0. The first-order valence-electron chi connectivity index (χ1n) is 4.80. The molecule has 0 unspecified atom stereocenters. The lowest BCUT2D eigenvalue weighted by Crippen LogP contribution is -2.40. The summed E-state index contributed by atoms with van der Waals surface area (Å²) in [5, 5.41) is 2.65. The fourth-order valence-electron chi connectivity index (χ4n) is 1.28. The van der Waals surface area contributed by atoms with Gasteiger partial charge in [0.1, 0.15) is 0 Å². The van der Waals surface area contributed by atoms with E-state index in [9.17, 15) is 9.59 Å². The molecule has 1 N–H and O–H groups in total. The van der Waals surface area contributed by atoms with Crippen LogP contribution in [0.25, 0.3) is 0 Å². The Morgan fingerprint density at radius 1 is 1.57 bits per heavy atom. The smallest absolute Gasteiger partial charge is 0.239 e. The lowest BCUT2D eigenvalue weighted by atomic mass is 10.4. The van der Waals surface area contributed by atoms with Gasteiger partial charge in [-0.15, -0.1) is 6.58 Å². The molecule has 0 spiro atoms. The van der Waals surface area contributed by atoms with Gasteiger partial charge in [0.2, 0.25) is 11.8 Å². The second-order valence-corrected chi connectivity index (χ2v) is 3.47. The Labute approximate surface area is 84.0 Å². The van der Waals surface area contributed by atoms with Gasteiger partial charge in [0.25, 0.3) is 0 Å². The minimum atomic E-state index is -0.119. The van der Waals surface area contributed by atoms with E-state index in [4.69, 9.17) is 0 Å². The summed E-state index contributed by atoms with van der Waals surface area (Å²) in [6, 6.07) is 0.294. The third kappa shape index (κ3) is 3.20. The van der Waals surface area contributed by atoms with E-state index in [1.54, 1.807) is 11.0 Å². The fourth-order valence-corrected chi connectivity index (χ4v) is 1.28. The van der Waals surface area contributed by atoms with Crippen molar-refractivity contribution in [1.29, 1.82) is 0 Å². The third-order valence-corrected chi connectivity index (χ3v) is 2.15. The highest BCUT2D eigenvalue weighted by Gasteiger charge is 2.31. The minimum Gasteiger partial charge on any atom is -0.351 e. The van der Waals surface area contributed by atoms with Crippen molar-refractivity contribution in [1.82, 2.24) is 10.2 Å². The average Bonchev–Trinajstić information content (AvgIpc) is 2.93. The van der Waals surface area contributed by atoms with Crippen LogP contribution in [0.15, 0.2) is 12.7 Å². The molecule has 0 saturated heterocycles. The van der Waals surface area contributed by atoms with E-state index in [2.05, 4.69) is 11.9 Å². The molecule has 4 heteroatoms. The number of carbonyl (C=O) groups excluding carboxylic acids is 2. The minimum absolute atomic E-state index is 0.0266. The van der Waals surface area contributed by atoms with Crippen LogP contribution in [-0.2, 0) is 9.59 Å². The summed E-state index contributed by atoms with van der Waals surface area (Å²) in [5.41, 5.74) is 0. The molecule has 0 aromatic carbocycles. The molecule has 0 atom stereocenters. The van der Waals surface area contributed by atoms with Crippen molar-refractivity contribution >= 4 is 11.8 Å². The first-order valence-corrected chi connectivity index (χ1v) is 4.80. The molecule has 0 heterocycles. The number of hydrogen-bond donors (Lipinski definition) is 1. The van der Waals surface area contributed by atoms with Crippen LogP contribution < -0.4 is 5.32 Å². The van der Waals surface area contributed by atoms with Crippen LogP contribution in [0.1, 0.15) is 19.8 Å². The first-order chi connectivity index (χ1) is 6.65. The maximum atomic E-state index is 11.3. The standard InChI is InChI=1S/C10H16N2O2/c1-3-6-11-10(14)7-12(8(2)13)9-4-5-9/h3,9H,1,4-7H2,2H3,(H,11,14). The van der Waals surface area contributed by atoms with Gasteiger partial charge in [0, 0.05) is 19.5 Å². The molecule has 0 aromatic rings. The first kappa shape index (κ1) is 10.8. The molecule has 1 rings (SSSR count). The van der Waals surface area contributed by atoms with E-state index < -0.39 is 0 Å². The zero-order chi connectivity index (χ0) is 10.6. The van der Waals surface area contributed by atoms with Crippen molar-refractivity contribution in [3.8, 4) is 0 Å². The highest BCUT2D eigenvalue weighted by molar-refractivity contribution is 5.84. The number of rotatable bonds is 5. The molecule has 0 bridgehead atoms. The molecule has 0 aliphatic heterocycles. The average molecular weight is 196 g/mol. The Bertz CT molecular complexity index is 247. The van der Waals surface area contributed by atoms with Gasteiger partial charge in [-0.25, -0.2) is 0 Å². The van der Waals surface area contributed by atoms with Crippen LogP contribution in [0.5, 0.6) is 0 Å². The van der Waals surface area contributed by atoms with E-state index in [0.29, 0.717) is 12.6 Å². The molecular weight excluding hydrogens is 180 g/mol. The van der Waals surface area contributed by atoms with Crippen LogP contribution in [0.4, 0.5) is 0 Å². The van der Waals surface area contributed by atoms with Crippen LogP contribution in [0.3, 0.4) is 0 Å². The lowest BCUT2D eigenvalue weighted by Gasteiger charge is -2.19. The van der Waals surface area contributed by atoms with Crippen molar-refractivity contribution in [2.45, 2.75) is 25.8 Å². The molecule has 1 fully saturated rings. The maximum Gasteiger partial charge on any atom is 0.239 e. The van der Waals surface area contributed by atoms with Crippen molar-refractivity contribution in [3.63, 3.8) is 0 Å². The number of amides is 2. The van der Waals surface area contributed by atoms with E-state index in [-0.39, 0.29) is 18.4 Å². The molecule has 0 radical (unpaired) electrons. The summed E-state index contributed by atoms with van der Waals surface area (Å²) in [5.74, 6) is -0.145. The summed E-state index contributed by atoms with van der Waals surface area (Å²) in [4.78, 5) is 24.1. The molecule has 4 nitrogen and oxygen atoms in total. The molecule has 1 aliphatic carbocycles. The Morgan fingerprint density at radius 2 is 2.21 bits per heavy atom. The summed E-state index contributed by atoms with van der Waals surface area (Å²) < 4.78 is 0. The zero-order valence-corrected chi connectivity index (χ0v) is 8.45. The maximum absolute atomic E-state index is 11.3. The topological polar surface area (TPSA) is 49.4 Å². The van der Waals surface area contributed by atoms with Crippen molar-refractivity contribution in [2.75, 3.05) is 13.1 Å². The molecule has 0 aromatic heterocycles. The molecule has 14 heavy (non-hydrogen) atoms. The number of nitrogens with zero attached hydrogens (tertiary/aromatic N) is 1. The summed E-state index contributed by atoms with van der Waals surface area (Å²) in [6.45, 7) is 5.63. The Balaban J connectivity index is 2.34.